The Morgan fingerprint density at radius 1 is 1.29 bits per heavy atom. The minimum Gasteiger partial charge on any atom is -0.378 e. The van der Waals surface area contributed by atoms with Gasteiger partial charge in [-0.25, -0.2) is 4.79 Å². The Labute approximate surface area is 128 Å². The molecule has 0 spiro atoms. The summed E-state index contributed by atoms with van der Waals surface area (Å²) in [6, 6.07) is 10.4. The highest BCUT2D eigenvalue weighted by atomic mass is 32.1. The van der Waals surface area contributed by atoms with Gasteiger partial charge in [-0.1, -0.05) is 0 Å². The lowest BCUT2D eigenvalue weighted by Gasteiger charge is -2.17. The van der Waals surface area contributed by atoms with Crippen LogP contribution in [0.2, 0.25) is 0 Å². The number of carbonyl (C=O) groups is 1. The number of benzene rings is 1. The number of hydrogen-bond acceptors (Lipinski definition) is 3. The number of aryl methyl sites for hydroxylation is 1. The van der Waals surface area contributed by atoms with E-state index >= 15 is 0 Å². The number of thiophene rings is 1. The summed E-state index contributed by atoms with van der Waals surface area (Å²) in [7, 11) is 0. The van der Waals surface area contributed by atoms with Gasteiger partial charge in [-0.3, -0.25) is 4.90 Å². The first-order valence-corrected chi connectivity index (χ1v) is 7.99. The van der Waals surface area contributed by atoms with Gasteiger partial charge in [-0.2, -0.15) is 0 Å². The van der Waals surface area contributed by atoms with Crippen LogP contribution in [0.5, 0.6) is 0 Å². The van der Waals surface area contributed by atoms with E-state index in [0.29, 0.717) is 6.54 Å². The van der Waals surface area contributed by atoms with Crippen molar-refractivity contribution in [3.63, 3.8) is 0 Å². The van der Waals surface area contributed by atoms with E-state index in [4.69, 9.17) is 0 Å². The topological polar surface area (TPSA) is 44.4 Å². The SMILES string of the molecule is Cc1ccsc1C(C)Nc1ccc(N2CCNC2=O)cc1. The van der Waals surface area contributed by atoms with Crippen LogP contribution in [0.4, 0.5) is 16.2 Å². The van der Waals surface area contributed by atoms with Gasteiger partial charge >= 0.3 is 6.03 Å². The lowest BCUT2D eigenvalue weighted by Crippen LogP contribution is -2.27. The largest absolute Gasteiger partial charge is 0.378 e. The van der Waals surface area contributed by atoms with E-state index in [1.807, 2.05) is 24.3 Å². The van der Waals surface area contributed by atoms with Crippen molar-refractivity contribution in [2.45, 2.75) is 19.9 Å². The molecule has 110 valence electrons. The Bertz CT molecular complexity index is 635. The molecule has 1 aromatic heterocycles. The Morgan fingerprint density at radius 3 is 2.62 bits per heavy atom. The van der Waals surface area contributed by atoms with Gasteiger partial charge in [0.15, 0.2) is 0 Å². The molecule has 2 heterocycles. The summed E-state index contributed by atoms with van der Waals surface area (Å²) in [6.45, 7) is 5.75. The number of nitrogens with one attached hydrogen (secondary N) is 2. The van der Waals surface area contributed by atoms with E-state index in [-0.39, 0.29) is 12.1 Å². The first-order valence-electron chi connectivity index (χ1n) is 7.11. The van der Waals surface area contributed by atoms with E-state index in [1.165, 1.54) is 10.4 Å². The number of anilines is 2. The number of rotatable bonds is 4. The molecule has 5 heteroatoms. The van der Waals surface area contributed by atoms with Gasteiger partial charge in [-0.05, 0) is 55.1 Å². The molecule has 1 atom stereocenters. The van der Waals surface area contributed by atoms with E-state index in [9.17, 15) is 4.79 Å². The van der Waals surface area contributed by atoms with Crippen molar-refractivity contribution in [3.8, 4) is 0 Å². The first kappa shape index (κ1) is 13.9. The van der Waals surface area contributed by atoms with Crippen LogP contribution in [0.1, 0.15) is 23.4 Å². The number of nitrogens with zero attached hydrogens (tertiary/aromatic N) is 1. The summed E-state index contributed by atoms with van der Waals surface area (Å²) >= 11 is 1.78. The molecule has 0 aliphatic carbocycles. The summed E-state index contributed by atoms with van der Waals surface area (Å²) < 4.78 is 0. The predicted octanol–water partition coefficient (Wildman–Crippen LogP) is 3.76. The van der Waals surface area contributed by atoms with Crippen LogP contribution in [-0.2, 0) is 0 Å². The first-order chi connectivity index (χ1) is 10.1. The summed E-state index contributed by atoms with van der Waals surface area (Å²) in [5.41, 5.74) is 3.33. The van der Waals surface area contributed by atoms with Crippen LogP contribution in [-0.4, -0.2) is 19.1 Å². The molecule has 0 saturated carbocycles. The molecule has 2 N–H and O–H groups in total. The van der Waals surface area contributed by atoms with Crippen molar-refractivity contribution in [2.75, 3.05) is 23.3 Å². The second-order valence-electron chi connectivity index (χ2n) is 5.26. The van der Waals surface area contributed by atoms with Crippen LogP contribution in [0.15, 0.2) is 35.7 Å². The minimum atomic E-state index is -0.0155. The molecular weight excluding hydrogens is 282 g/mol. The highest BCUT2D eigenvalue weighted by Gasteiger charge is 2.20. The van der Waals surface area contributed by atoms with Crippen molar-refractivity contribution >= 4 is 28.7 Å². The third-order valence-corrected chi connectivity index (χ3v) is 4.92. The van der Waals surface area contributed by atoms with Crippen molar-refractivity contribution in [2.24, 2.45) is 0 Å². The highest BCUT2D eigenvalue weighted by Crippen LogP contribution is 2.27. The molecule has 1 saturated heterocycles. The van der Waals surface area contributed by atoms with Gasteiger partial charge in [0.2, 0.25) is 0 Å². The Morgan fingerprint density at radius 2 is 2.05 bits per heavy atom. The van der Waals surface area contributed by atoms with E-state index in [0.717, 1.165) is 17.9 Å². The maximum Gasteiger partial charge on any atom is 0.321 e. The Kier molecular flexibility index (Phi) is 3.84. The molecule has 1 unspecified atom stereocenters. The lowest BCUT2D eigenvalue weighted by atomic mass is 10.1. The number of hydrogen-bond donors (Lipinski definition) is 2. The summed E-state index contributed by atoms with van der Waals surface area (Å²) in [5, 5.41) is 8.44. The molecule has 1 fully saturated rings. The normalized spacial score (nSPS) is 15.9. The zero-order valence-corrected chi connectivity index (χ0v) is 13.0. The maximum absolute atomic E-state index is 11.6. The Hall–Kier alpha value is -2.01. The number of carbonyl (C=O) groups excluding carboxylic acids is 1. The molecule has 3 rings (SSSR count). The zero-order valence-electron chi connectivity index (χ0n) is 12.2. The van der Waals surface area contributed by atoms with Crippen LogP contribution in [0.3, 0.4) is 0 Å². The fraction of sp³-hybridized carbons (Fsp3) is 0.312. The number of urea groups is 1. The van der Waals surface area contributed by atoms with Crippen LogP contribution >= 0.6 is 11.3 Å². The number of amides is 2. The van der Waals surface area contributed by atoms with Gasteiger partial charge in [0, 0.05) is 29.3 Å². The molecule has 2 aromatic rings. The smallest absolute Gasteiger partial charge is 0.321 e. The minimum absolute atomic E-state index is 0.0155. The van der Waals surface area contributed by atoms with E-state index < -0.39 is 0 Å². The second-order valence-corrected chi connectivity index (χ2v) is 6.21. The summed E-state index contributed by atoms with van der Waals surface area (Å²) in [4.78, 5) is 14.8. The van der Waals surface area contributed by atoms with Gasteiger partial charge in [0.05, 0.1) is 6.04 Å². The molecule has 0 bridgehead atoms. The second kappa shape index (κ2) is 5.77. The average molecular weight is 301 g/mol. The molecule has 1 aromatic carbocycles. The maximum atomic E-state index is 11.6. The molecule has 0 radical (unpaired) electrons. The molecule has 2 amide bonds. The van der Waals surface area contributed by atoms with E-state index in [2.05, 4.69) is 35.9 Å². The van der Waals surface area contributed by atoms with Crippen molar-refractivity contribution in [1.82, 2.24) is 5.32 Å². The molecular formula is C16H19N3OS. The summed E-state index contributed by atoms with van der Waals surface area (Å²) in [6.07, 6.45) is 0. The Balaban J connectivity index is 1.70. The lowest BCUT2D eigenvalue weighted by molar-refractivity contribution is 0.252. The molecule has 1 aliphatic rings. The average Bonchev–Trinajstić information content (AvgIpc) is 3.08. The monoisotopic (exact) mass is 301 g/mol. The quantitative estimate of drug-likeness (QED) is 0.903. The van der Waals surface area contributed by atoms with Crippen molar-refractivity contribution < 1.29 is 4.79 Å². The van der Waals surface area contributed by atoms with Gasteiger partial charge < -0.3 is 10.6 Å². The molecule has 1 aliphatic heterocycles. The van der Waals surface area contributed by atoms with Crippen molar-refractivity contribution in [3.05, 3.63) is 46.2 Å². The van der Waals surface area contributed by atoms with E-state index in [1.54, 1.807) is 16.2 Å². The van der Waals surface area contributed by atoms with Crippen LogP contribution in [0.25, 0.3) is 0 Å². The van der Waals surface area contributed by atoms with Crippen molar-refractivity contribution in [1.29, 1.82) is 0 Å². The van der Waals surface area contributed by atoms with Crippen LogP contribution in [0, 0.1) is 6.92 Å². The molecule has 21 heavy (non-hydrogen) atoms. The fourth-order valence-corrected chi connectivity index (χ4v) is 3.53. The fourth-order valence-electron chi connectivity index (χ4n) is 2.60. The molecule has 4 nitrogen and oxygen atoms in total. The highest BCUT2D eigenvalue weighted by molar-refractivity contribution is 7.10. The van der Waals surface area contributed by atoms with Gasteiger partial charge in [0.1, 0.15) is 0 Å². The predicted molar refractivity (Wildman–Crippen MR) is 88.3 cm³/mol. The van der Waals surface area contributed by atoms with Gasteiger partial charge in [0.25, 0.3) is 0 Å². The van der Waals surface area contributed by atoms with Crippen LogP contribution < -0.4 is 15.5 Å². The van der Waals surface area contributed by atoms with Gasteiger partial charge in [-0.15, -0.1) is 11.3 Å². The third-order valence-electron chi connectivity index (χ3n) is 3.71. The zero-order chi connectivity index (χ0) is 14.8. The standard InChI is InChI=1S/C16H19N3OS/c1-11-7-10-21-15(11)12(2)18-13-3-5-14(6-4-13)19-9-8-17-16(19)20/h3-7,10,12,18H,8-9H2,1-2H3,(H,17,20). The summed E-state index contributed by atoms with van der Waals surface area (Å²) in [5.74, 6) is 0. The third kappa shape index (κ3) is 2.88.